The summed E-state index contributed by atoms with van der Waals surface area (Å²) in [6.07, 6.45) is 1.98. The van der Waals surface area contributed by atoms with Crippen molar-refractivity contribution >= 4 is 17.6 Å². The van der Waals surface area contributed by atoms with Gasteiger partial charge < -0.3 is 4.74 Å². The number of carbonyl (C=O) groups is 2. The second-order valence-electron chi connectivity index (χ2n) is 6.70. The fraction of sp³-hybridized carbons (Fsp3) is 0.364. The van der Waals surface area contributed by atoms with Crippen LogP contribution >= 0.6 is 0 Å². The molecule has 2 atom stereocenters. The Balaban J connectivity index is 2.16. The molecular formula is C22H24FNO3. The Hall–Kier alpha value is -2.69. The molecule has 0 aliphatic carbocycles. The van der Waals surface area contributed by atoms with E-state index in [0.29, 0.717) is 17.7 Å². The van der Waals surface area contributed by atoms with E-state index in [2.05, 4.69) is 6.92 Å². The molecule has 2 aromatic rings. The van der Waals surface area contributed by atoms with Gasteiger partial charge in [-0.2, -0.15) is 0 Å². The first-order chi connectivity index (χ1) is 13.1. The first-order valence-corrected chi connectivity index (χ1v) is 9.43. The molecule has 0 bridgehead atoms. The maximum absolute atomic E-state index is 13.5. The Kier molecular flexibility index (Phi) is 5.89. The van der Waals surface area contributed by atoms with E-state index in [1.807, 2.05) is 0 Å². The van der Waals surface area contributed by atoms with Gasteiger partial charge in [-0.3, -0.25) is 9.69 Å². The first-order valence-electron chi connectivity index (χ1n) is 9.43. The molecule has 3 rings (SSSR count). The molecule has 2 aromatic carbocycles. The number of unbranched alkanes of at least 4 members (excludes halogenated alkanes) is 1. The highest BCUT2D eigenvalue weighted by Crippen LogP contribution is 2.44. The molecule has 0 unspecified atom stereocenters. The quantitative estimate of drug-likeness (QED) is 0.696. The van der Waals surface area contributed by atoms with Crippen LogP contribution in [0.15, 0.2) is 48.5 Å². The largest absolute Gasteiger partial charge is 0.449 e. The number of Topliss-reactive ketones (excluding diaryl/α,β-unsaturated/α-hetero) is 1. The van der Waals surface area contributed by atoms with Gasteiger partial charge in [0, 0.05) is 11.5 Å². The fourth-order valence-corrected chi connectivity index (χ4v) is 3.72. The molecule has 0 saturated carbocycles. The van der Waals surface area contributed by atoms with Gasteiger partial charge in [-0.15, -0.1) is 0 Å². The van der Waals surface area contributed by atoms with Crippen molar-refractivity contribution in [3.63, 3.8) is 0 Å². The van der Waals surface area contributed by atoms with E-state index >= 15 is 0 Å². The van der Waals surface area contributed by atoms with Crippen LogP contribution in [0.2, 0.25) is 0 Å². The Bertz CT molecular complexity index is 819. The molecule has 1 amide bonds. The van der Waals surface area contributed by atoms with Crippen LogP contribution in [-0.2, 0) is 4.74 Å². The number of nitrogens with zero attached hydrogens (tertiary/aromatic N) is 1. The van der Waals surface area contributed by atoms with Gasteiger partial charge in [-0.1, -0.05) is 44.0 Å². The second kappa shape index (κ2) is 8.33. The summed E-state index contributed by atoms with van der Waals surface area (Å²) in [5.74, 6) is -0.724. The fourth-order valence-electron chi connectivity index (χ4n) is 3.72. The lowest BCUT2D eigenvalue weighted by molar-refractivity contribution is 0.0870. The van der Waals surface area contributed by atoms with E-state index in [1.165, 1.54) is 12.1 Å². The summed E-state index contributed by atoms with van der Waals surface area (Å²) >= 11 is 0. The molecule has 0 saturated heterocycles. The molecule has 4 nitrogen and oxygen atoms in total. The first kappa shape index (κ1) is 19.1. The number of amides is 1. The van der Waals surface area contributed by atoms with Crippen molar-refractivity contribution in [2.24, 2.45) is 5.92 Å². The molecular weight excluding hydrogens is 345 g/mol. The molecule has 1 aliphatic heterocycles. The van der Waals surface area contributed by atoms with Crippen molar-refractivity contribution in [2.75, 3.05) is 11.5 Å². The predicted molar refractivity (Wildman–Crippen MR) is 102 cm³/mol. The highest BCUT2D eigenvalue weighted by molar-refractivity contribution is 6.09. The number of benzene rings is 2. The van der Waals surface area contributed by atoms with Crippen molar-refractivity contribution < 1.29 is 18.7 Å². The lowest BCUT2D eigenvalue weighted by Crippen LogP contribution is -2.46. The van der Waals surface area contributed by atoms with Gasteiger partial charge in [0.25, 0.3) is 0 Å². The summed E-state index contributed by atoms with van der Waals surface area (Å²) in [7, 11) is 0. The van der Waals surface area contributed by atoms with Gasteiger partial charge in [-0.05, 0) is 43.2 Å². The zero-order valence-electron chi connectivity index (χ0n) is 15.7. The highest BCUT2D eigenvalue weighted by atomic mass is 19.1. The van der Waals surface area contributed by atoms with Gasteiger partial charge in [0.1, 0.15) is 5.82 Å². The monoisotopic (exact) mass is 369 g/mol. The van der Waals surface area contributed by atoms with E-state index in [1.54, 1.807) is 48.2 Å². The predicted octanol–water partition coefficient (Wildman–Crippen LogP) is 5.53. The Morgan fingerprint density at radius 2 is 1.81 bits per heavy atom. The maximum Gasteiger partial charge on any atom is 0.414 e. The molecule has 0 aromatic heterocycles. The van der Waals surface area contributed by atoms with Crippen LogP contribution in [0, 0.1) is 11.7 Å². The summed E-state index contributed by atoms with van der Waals surface area (Å²) in [5, 5.41) is 0. The number of para-hydroxylation sites is 1. The minimum absolute atomic E-state index is 0.0222. The smallest absolute Gasteiger partial charge is 0.414 e. The van der Waals surface area contributed by atoms with E-state index in [0.717, 1.165) is 18.4 Å². The van der Waals surface area contributed by atoms with Crippen molar-refractivity contribution in [3.8, 4) is 0 Å². The lowest BCUT2D eigenvalue weighted by atomic mass is 9.78. The van der Waals surface area contributed by atoms with Crippen LogP contribution < -0.4 is 4.90 Å². The van der Waals surface area contributed by atoms with E-state index < -0.39 is 18.1 Å². The number of hydrogen-bond donors (Lipinski definition) is 0. The third-order valence-corrected chi connectivity index (χ3v) is 4.97. The van der Waals surface area contributed by atoms with Crippen LogP contribution in [0.1, 0.15) is 55.1 Å². The number of anilines is 1. The average Bonchev–Trinajstić information content (AvgIpc) is 2.68. The molecule has 0 N–H and O–H groups in total. The Labute approximate surface area is 158 Å². The summed E-state index contributed by atoms with van der Waals surface area (Å²) in [6.45, 7) is 4.05. The van der Waals surface area contributed by atoms with Crippen LogP contribution in [-0.4, -0.2) is 18.5 Å². The summed E-state index contributed by atoms with van der Waals surface area (Å²) < 4.78 is 18.8. The van der Waals surface area contributed by atoms with Crippen LogP contribution in [0.4, 0.5) is 14.9 Å². The maximum atomic E-state index is 13.5. The standard InChI is InChI=1S/C22H24FNO3/c1-3-5-8-18-20(15-11-13-16(23)14-12-15)24(22(26)27-4-2)19-10-7-6-9-17(19)21(18)25/h6-7,9-14,18,20H,3-5,8H2,1-2H3/t18-,20-/m0/s1. The number of hydrogen-bond acceptors (Lipinski definition) is 3. The van der Waals surface area contributed by atoms with Crippen molar-refractivity contribution in [1.29, 1.82) is 0 Å². The average molecular weight is 369 g/mol. The van der Waals surface area contributed by atoms with Crippen LogP contribution in [0.25, 0.3) is 0 Å². The number of fused-ring (bicyclic) bond motifs is 1. The van der Waals surface area contributed by atoms with Gasteiger partial charge >= 0.3 is 6.09 Å². The minimum Gasteiger partial charge on any atom is -0.449 e. The van der Waals surface area contributed by atoms with Crippen molar-refractivity contribution in [2.45, 2.75) is 39.2 Å². The van der Waals surface area contributed by atoms with Gasteiger partial charge in [-0.25, -0.2) is 9.18 Å². The topological polar surface area (TPSA) is 46.6 Å². The van der Waals surface area contributed by atoms with E-state index in [9.17, 15) is 14.0 Å². The SMILES string of the molecule is CCCC[C@@H]1C(=O)c2ccccc2N(C(=O)OCC)[C@H]1c1ccc(F)cc1. The number of ketones is 1. The molecule has 1 aliphatic rings. The summed E-state index contributed by atoms with van der Waals surface area (Å²) in [4.78, 5) is 27.7. The second-order valence-corrected chi connectivity index (χ2v) is 6.70. The molecule has 5 heteroatoms. The normalized spacial score (nSPS) is 18.9. The van der Waals surface area contributed by atoms with Crippen LogP contribution in [0.5, 0.6) is 0 Å². The van der Waals surface area contributed by atoms with Gasteiger partial charge in [0.2, 0.25) is 0 Å². The number of halogens is 1. The van der Waals surface area contributed by atoms with Gasteiger partial charge in [0.15, 0.2) is 5.78 Å². The Morgan fingerprint density at radius 3 is 2.48 bits per heavy atom. The molecule has 0 radical (unpaired) electrons. The van der Waals surface area contributed by atoms with Crippen molar-refractivity contribution in [3.05, 3.63) is 65.5 Å². The van der Waals surface area contributed by atoms with E-state index in [4.69, 9.17) is 4.74 Å². The number of rotatable bonds is 5. The number of ether oxygens (including phenoxy) is 1. The molecule has 27 heavy (non-hydrogen) atoms. The molecule has 0 fully saturated rings. The minimum atomic E-state index is -0.515. The summed E-state index contributed by atoms with van der Waals surface area (Å²) in [5.41, 5.74) is 1.81. The summed E-state index contributed by atoms with van der Waals surface area (Å²) in [6, 6.07) is 12.6. The van der Waals surface area contributed by atoms with Gasteiger partial charge in [0.05, 0.1) is 18.3 Å². The van der Waals surface area contributed by atoms with E-state index in [-0.39, 0.29) is 18.2 Å². The third-order valence-electron chi connectivity index (χ3n) is 4.97. The number of carbonyl (C=O) groups excluding carboxylic acids is 2. The highest BCUT2D eigenvalue weighted by Gasteiger charge is 2.43. The molecule has 142 valence electrons. The third kappa shape index (κ3) is 3.72. The molecule has 0 spiro atoms. The zero-order valence-corrected chi connectivity index (χ0v) is 15.7. The lowest BCUT2D eigenvalue weighted by Gasteiger charge is -2.41. The van der Waals surface area contributed by atoms with Crippen molar-refractivity contribution in [1.82, 2.24) is 0 Å². The zero-order chi connectivity index (χ0) is 19.4. The van der Waals surface area contributed by atoms with Crippen LogP contribution in [0.3, 0.4) is 0 Å². The Morgan fingerprint density at radius 1 is 1.11 bits per heavy atom. The molecule has 1 heterocycles.